The van der Waals surface area contributed by atoms with Crippen LogP contribution in [-0.2, 0) is 4.74 Å². The Morgan fingerprint density at radius 2 is 1.74 bits per heavy atom. The molecule has 1 atom stereocenters. The fourth-order valence-electron chi connectivity index (χ4n) is 2.92. The number of methoxy groups -OCH3 is 1. The lowest BCUT2D eigenvalue weighted by Crippen LogP contribution is -2.19. The van der Waals surface area contributed by atoms with E-state index in [1.807, 2.05) is 55.5 Å². The molecule has 3 aromatic rings. The van der Waals surface area contributed by atoms with E-state index in [4.69, 9.17) is 4.74 Å². The Morgan fingerprint density at radius 3 is 2.41 bits per heavy atom. The van der Waals surface area contributed by atoms with Crippen molar-refractivity contribution in [2.75, 3.05) is 7.11 Å². The van der Waals surface area contributed by atoms with Gasteiger partial charge in [0.25, 0.3) is 0 Å². The van der Waals surface area contributed by atoms with Crippen molar-refractivity contribution in [3.8, 4) is 0 Å². The van der Waals surface area contributed by atoms with E-state index in [0.29, 0.717) is 10.7 Å². The van der Waals surface area contributed by atoms with Crippen molar-refractivity contribution in [3.63, 3.8) is 0 Å². The molecule has 138 valence electrons. The highest BCUT2D eigenvalue weighted by Gasteiger charge is 2.24. The number of carbonyl (C=O) groups is 1. The van der Waals surface area contributed by atoms with Gasteiger partial charge in [0, 0.05) is 5.69 Å². The van der Waals surface area contributed by atoms with Crippen molar-refractivity contribution < 1.29 is 9.53 Å². The second kappa shape index (κ2) is 8.22. The highest BCUT2D eigenvalue weighted by Crippen LogP contribution is 2.42. The van der Waals surface area contributed by atoms with Crippen LogP contribution in [-0.4, -0.2) is 23.0 Å². The van der Waals surface area contributed by atoms with Crippen molar-refractivity contribution in [2.45, 2.75) is 24.1 Å². The smallest absolute Gasteiger partial charge is 0.346 e. The van der Waals surface area contributed by atoms with Gasteiger partial charge in [-0.2, -0.15) is 4.98 Å². The summed E-state index contributed by atoms with van der Waals surface area (Å²) in [6.45, 7) is 3.72. The molecule has 0 saturated carbocycles. The number of esters is 1. The van der Waals surface area contributed by atoms with Gasteiger partial charge in [-0.25, -0.2) is 9.59 Å². The Balaban J connectivity index is 2.15. The summed E-state index contributed by atoms with van der Waals surface area (Å²) in [6, 6.07) is 18.0. The number of aromatic nitrogens is 2. The first-order valence-corrected chi connectivity index (χ1v) is 9.35. The molecule has 0 aliphatic heterocycles. The molecule has 0 radical (unpaired) electrons. The van der Waals surface area contributed by atoms with E-state index in [9.17, 15) is 9.59 Å². The van der Waals surface area contributed by atoms with E-state index in [-0.39, 0.29) is 10.8 Å². The zero-order chi connectivity index (χ0) is 19.4. The molecule has 6 heteroatoms. The predicted molar refractivity (Wildman–Crippen MR) is 106 cm³/mol. The molecule has 27 heavy (non-hydrogen) atoms. The van der Waals surface area contributed by atoms with Crippen LogP contribution in [0.4, 0.5) is 0 Å². The molecule has 0 amide bonds. The summed E-state index contributed by atoms with van der Waals surface area (Å²) in [5.41, 5.74) is 3.54. The van der Waals surface area contributed by atoms with Crippen LogP contribution in [0.1, 0.15) is 38.0 Å². The third kappa shape index (κ3) is 4.11. The molecule has 0 spiro atoms. The molecule has 1 aromatic heterocycles. The zero-order valence-corrected chi connectivity index (χ0v) is 16.2. The number of rotatable bonds is 5. The average Bonchev–Trinajstić information content (AvgIpc) is 2.66. The summed E-state index contributed by atoms with van der Waals surface area (Å²) in [7, 11) is 1.32. The van der Waals surface area contributed by atoms with Gasteiger partial charge in [0.15, 0.2) is 0 Å². The van der Waals surface area contributed by atoms with Gasteiger partial charge in [-0.3, -0.25) is 0 Å². The average molecular weight is 380 g/mol. The Hall–Kier alpha value is -2.86. The van der Waals surface area contributed by atoms with Gasteiger partial charge in [0.05, 0.1) is 12.4 Å². The second-order valence-electron chi connectivity index (χ2n) is 6.10. The zero-order valence-electron chi connectivity index (χ0n) is 15.4. The largest absolute Gasteiger partial charge is 0.465 e. The van der Waals surface area contributed by atoms with E-state index in [1.54, 1.807) is 6.92 Å². The molecule has 0 aliphatic rings. The van der Waals surface area contributed by atoms with Crippen molar-refractivity contribution >= 4 is 17.7 Å². The fourth-order valence-corrected chi connectivity index (χ4v) is 4.32. The second-order valence-corrected chi connectivity index (χ2v) is 7.20. The van der Waals surface area contributed by atoms with Gasteiger partial charge < -0.3 is 9.72 Å². The first kappa shape index (κ1) is 18.9. The van der Waals surface area contributed by atoms with Crippen molar-refractivity contribution in [2.24, 2.45) is 0 Å². The number of nitrogens with one attached hydrogen (secondary N) is 1. The minimum atomic E-state index is -0.518. The number of aromatic amines is 1. The van der Waals surface area contributed by atoms with E-state index in [0.717, 1.165) is 16.7 Å². The molecule has 3 rings (SSSR count). The molecule has 0 aliphatic carbocycles. The number of aryl methyl sites for hydroxylation is 2. The summed E-state index contributed by atoms with van der Waals surface area (Å²) >= 11 is 1.38. The normalized spacial score (nSPS) is 11.8. The van der Waals surface area contributed by atoms with Crippen LogP contribution in [0.25, 0.3) is 0 Å². The third-order valence-electron chi connectivity index (χ3n) is 4.28. The lowest BCUT2D eigenvalue weighted by atomic mass is 10.0. The Kier molecular flexibility index (Phi) is 5.76. The number of hydrogen-bond donors (Lipinski definition) is 1. The molecule has 0 fully saturated rings. The number of carbonyl (C=O) groups excluding carboxylic acids is 1. The third-order valence-corrected chi connectivity index (χ3v) is 5.56. The molecular weight excluding hydrogens is 360 g/mol. The van der Waals surface area contributed by atoms with E-state index in [1.165, 1.54) is 18.9 Å². The summed E-state index contributed by atoms with van der Waals surface area (Å²) in [5, 5.41) is 0.240. The molecule has 2 aromatic carbocycles. The topological polar surface area (TPSA) is 72.0 Å². The van der Waals surface area contributed by atoms with Crippen LogP contribution in [0.5, 0.6) is 0 Å². The van der Waals surface area contributed by atoms with Gasteiger partial charge in [0.2, 0.25) is 0 Å². The Bertz CT molecular complexity index is 1020. The highest BCUT2D eigenvalue weighted by molar-refractivity contribution is 7.99. The molecule has 0 bridgehead atoms. The Labute approximate surface area is 161 Å². The molecule has 1 N–H and O–H groups in total. The number of H-pyrrole nitrogens is 1. The van der Waals surface area contributed by atoms with Crippen molar-refractivity contribution in [3.05, 3.63) is 93.0 Å². The minimum Gasteiger partial charge on any atom is -0.465 e. The van der Waals surface area contributed by atoms with Crippen LogP contribution in [0.2, 0.25) is 0 Å². The van der Waals surface area contributed by atoms with Crippen LogP contribution in [0.15, 0.2) is 64.4 Å². The number of benzene rings is 2. The van der Waals surface area contributed by atoms with Gasteiger partial charge in [-0.1, -0.05) is 66.4 Å². The van der Waals surface area contributed by atoms with Gasteiger partial charge in [-0.15, -0.1) is 0 Å². The molecule has 1 heterocycles. The van der Waals surface area contributed by atoms with Crippen LogP contribution < -0.4 is 5.69 Å². The molecular formula is C21H20N2O3S. The SMILES string of the molecule is COC(=O)c1c(S[C@@H](c2ccccc2)c2ccccc2C)nc(=O)[nH]c1C. The number of hydrogen-bond acceptors (Lipinski definition) is 5. The molecule has 0 unspecified atom stereocenters. The van der Waals surface area contributed by atoms with Crippen molar-refractivity contribution in [1.82, 2.24) is 9.97 Å². The maximum atomic E-state index is 12.3. The van der Waals surface area contributed by atoms with E-state index < -0.39 is 11.7 Å². The van der Waals surface area contributed by atoms with Gasteiger partial charge in [-0.05, 0) is 30.5 Å². The number of nitrogens with zero attached hydrogens (tertiary/aromatic N) is 1. The summed E-state index contributed by atoms with van der Waals surface area (Å²) in [6.07, 6.45) is 0. The van der Waals surface area contributed by atoms with E-state index >= 15 is 0 Å². The first-order valence-electron chi connectivity index (χ1n) is 8.47. The summed E-state index contributed by atoms with van der Waals surface area (Å²) in [5.74, 6) is -0.518. The summed E-state index contributed by atoms with van der Waals surface area (Å²) < 4.78 is 4.90. The highest BCUT2D eigenvalue weighted by atomic mass is 32.2. The molecule has 0 saturated heterocycles. The molecule has 5 nitrogen and oxygen atoms in total. The van der Waals surface area contributed by atoms with Crippen LogP contribution in [0, 0.1) is 13.8 Å². The van der Waals surface area contributed by atoms with E-state index in [2.05, 4.69) is 16.0 Å². The minimum absolute atomic E-state index is 0.121. The monoisotopic (exact) mass is 380 g/mol. The Morgan fingerprint density at radius 1 is 1.07 bits per heavy atom. The van der Waals surface area contributed by atoms with Gasteiger partial charge >= 0.3 is 11.7 Å². The fraction of sp³-hybridized carbons (Fsp3) is 0.190. The first-order chi connectivity index (χ1) is 13.0. The lowest BCUT2D eigenvalue weighted by Gasteiger charge is -2.20. The van der Waals surface area contributed by atoms with Crippen LogP contribution in [0.3, 0.4) is 0 Å². The summed E-state index contributed by atoms with van der Waals surface area (Å²) in [4.78, 5) is 30.9. The maximum absolute atomic E-state index is 12.3. The van der Waals surface area contributed by atoms with Crippen molar-refractivity contribution in [1.29, 1.82) is 0 Å². The standard InChI is InChI=1S/C21H20N2O3S/c1-13-9-7-8-12-16(13)18(15-10-5-4-6-11-15)27-19-17(20(24)26-3)14(2)22-21(25)23-19/h4-12,18H,1-3H3,(H,22,23,25)/t18-/m0/s1. The lowest BCUT2D eigenvalue weighted by molar-refractivity contribution is 0.0594. The number of thioether (sulfide) groups is 1. The maximum Gasteiger partial charge on any atom is 0.346 e. The predicted octanol–water partition coefficient (Wildman–Crippen LogP) is 4.06. The number of ether oxygens (including phenoxy) is 1. The van der Waals surface area contributed by atoms with Crippen LogP contribution >= 0.6 is 11.8 Å². The quantitative estimate of drug-likeness (QED) is 0.411. The van der Waals surface area contributed by atoms with Gasteiger partial charge in [0.1, 0.15) is 10.6 Å².